The van der Waals surface area contributed by atoms with Gasteiger partial charge in [0.15, 0.2) is 0 Å². The number of halogens is 1. The normalized spacial score (nSPS) is 10.6. The quantitative estimate of drug-likeness (QED) is 0.627. The van der Waals surface area contributed by atoms with Gasteiger partial charge < -0.3 is 0 Å². The van der Waals surface area contributed by atoms with Crippen molar-refractivity contribution >= 4 is 10.8 Å². The SMILES string of the molecule is CCCc1ccc2c(F)c(-c3ccc(C#N)cc3)ccc2c1. The lowest BCUT2D eigenvalue weighted by Crippen LogP contribution is -1.89. The Labute approximate surface area is 129 Å². The van der Waals surface area contributed by atoms with Gasteiger partial charge in [0.05, 0.1) is 11.6 Å². The van der Waals surface area contributed by atoms with E-state index in [9.17, 15) is 4.39 Å². The van der Waals surface area contributed by atoms with E-state index in [4.69, 9.17) is 5.26 Å². The van der Waals surface area contributed by atoms with Gasteiger partial charge in [-0.05, 0) is 35.1 Å². The molecule has 2 heteroatoms. The maximum atomic E-state index is 14.8. The van der Waals surface area contributed by atoms with E-state index in [2.05, 4.69) is 19.1 Å². The van der Waals surface area contributed by atoms with Gasteiger partial charge in [0, 0.05) is 10.9 Å². The average molecular weight is 289 g/mol. The Kier molecular flexibility index (Phi) is 3.89. The second-order valence-electron chi connectivity index (χ2n) is 5.42. The average Bonchev–Trinajstić information content (AvgIpc) is 2.56. The zero-order valence-corrected chi connectivity index (χ0v) is 12.4. The summed E-state index contributed by atoms with van der Waals surface area (Å²) in [6, 6.07) is 18.8. The van der Waals surface area contributed by atoms with Crippen molar-refractivity contribution in [3.05, 3.63) is 71.5 Å². The third-order valence-corrected chi connectivity index (χ3v) is 3.88. The number of nitriles is 1. The molecule has 0 atom stereocenters. The van der Waals surface area contributed by atoms with Crippen LogP contribution in [0, 0.1) is 17.1 Å². The Morgan fingerprint density at radius 2 is 1.77 bits per heavy atom. The molecule has 3 aromatic rings. The molecule has 0 fully saturated rings. The molecule has 0 radical (unpaired) electrons. The minimum absolute atomic E-state index is 0.203. The number of benzene rings is 3. The summed E-state index contributed by atoms with van der Waals surface area (Å²) in [5, 5.41) is 10.4. The molecular formula is C20H16FN. The van der Waals surface area contributed by atoms with Crippen molar-refractivity contribution in [2.75, 3.05) is 0 Å². The summed E-state index contributed by atoms with van der Waals surface area (Å²) < 4.78 is 14.8. The van der Waals surface area contributed by atoms with E-state index >= 15 is 0 Å². The van der Waals surface area contributed by atoms with Crippen molar-refractivity contribution < 1.29 is 4.39 Å². The summed E-state index contributed by atoms with van der Waals surface area (Å²) in [7, 11) is 0. The summed E-state index contributed by atoms with van der Waals surface area (Å²) in [4.78, 5) is 0. The lowest BCUT2D eigenvalue weighted by molar-refractivity contribution is 0.643. The zero-order chi connectivity index (χ0) is 15.5. The summed E-state index contributed by atoms with van der Waals surface area (Å²) in [6.45, 7) is 2.14. The van der Waals surface area contributed by atoms with Gasteiger partial charge in [0.1, 0.15) is 5.82 Å². The van der Waals surface area contributed by atoms with Crippen molar-refractivity contribution in [3.8, 4) is 17.2 Å². The van der Waals surface area contributed by atoms with Crippen LogP contribution in [-0.4, -0.2) is 0 Å². The maximum Gasteiger partial charge on any atom is 0.138 e. The first kappa shape index (κ1) is 14.3. The summed E-state index contributed by atoms with van der Waals surface area (Å²) in [6.07, 6.45) is 2.09. The summed E-state index contributed by atoms with van der Waals surface area (Å²) >= 11 is 0. The van der Waals surface area contributed by atoms with E-state index in [0.29, 0.717) is 16.5 Å². The van der Waals surface area contributed by atoms with Crippen LogP contribution >= 0.6 is 0 Å². The molecule has 0 aromatic heterocycles. The highest BCUT2D eigenvalue weighted by molar-refractivity contribution is 5.88. The Morgan fingerprint density at radius 1 is 1.00 bits per heavy atom. The predicted molar refractivity (Wildman–Crippen MR) is 88.1 cm³/mol. The van der Waals surface area contributed by atoms with Crippen LogP contribution in [0.2, 0.25) is 0 Å². The van der Waals surface area contributed by atoms with Gasteiger partial charge in [-0.1, -0.05) is 55.8 Å². The number of hydrogen-bond acceptors (Lipinski definition) is 1. The molecule has 0 saturated carbocycles. The Balaban J connectivity index is 2.09. The van der Waals surface area contributed by atoms with E-state index in [0.717, 1.165) is 23.8 Å². The number of aryl methyl sites for hydroxylation is 1. The second-order valence-corrected chi connectivity index (χ2v) is 5.42. The first-order chi connectivity index (χ1) is 10.7. The first-order valence-corrected chi connectivity index (χ1v) is 7.44. The highest BCUT2D eigenvalue weighted by Gasteiger charge is 2.10. The molecule has 22 heavy (non-hydrogen) atoms. The van der Waals surface area contributed by atoms with Crippen molar-refractivity contribution in [2.45, 2.75) is 19.8 Å². The van der Waals surface area contributed by atoms with Crippen LogP contribution in [0.15, 0.2) is 54.6 Å². The molecule has 3 rings (SSSR count). The zero-order valence-electron chi connectivity index (χ0n) is 12.4. The van der Waals surface area contributed by atoms with Gasteiger partial charge >= 0.3 is 0 Å². The predicted octanol–water partition coefficient (Wildman–Crippen LogP) is 5.47. The van der Waals surface area contributed by atoms with Crippen molar-refractivity contribution in [1.29, 1.82) is 5.26 Å². The molecule has 0 unspecified atom stereocenters. The molecule has 0 heterocycles. The fourth-order valence-corrected chi connectivity index (χ4v) is 2.73. The van der Waals surface area contributed by atoms with Crippen LogP contribution in [0.1, 0.15) is 24.5 Å². The molecule has 0 spiro atoms. The molecular weight excluding hydrogens is 273 g/mol. The Hall–Kier alpha value is -2.66. The fourth-order valence-electron chi connectivity index (χ4n) is 2.73. The van der Waals surface area contributed by atoms with Crippen molar-refractivity contribution in [2.24, 2.45) is 0 Å². The van der Waals surface area contributed by atoms with E-state index in [-0.39, 0.29) is 5.82 Å². The fraction of sp³-hybridized carbons (Fsp3) is 0.150. The van der Waals surface area contributed by atoms with E-state index in [1.807, 2.05) is 24.3 Å². The lowest BCUT2D eigenvalue weighted by atomic mass is 9.97. The van der Waals surface area contributed by atoms with Crippen LogP contribution in [-0.2, 0) is 6.42 Å². The van der Waals surface area contributed by atoms with Crippen LogP contribution < -0.4 is 0 Å². The van der Waals surface area contributed by atoms with Crippen molar-refractivity contribution in [3.63, 3.8) is 0 Å². The Bertz CT molecular complexity index is 857. The number of nitrogens with zero attached hydrogens (tertiary/aromatic N) is 1. The van der Waals surface area contributed by atoms with E-state index in [1.165, 1.54) is 5.56 Å². The molecule has 0 bridgehead atoms. The topological polar surface area (TPSA) is 23.8 Å². The van der Waals surface area contributed by atoms with Gasteiger partial charge in [0.25, 0.3) is 0 Å². The summed E-state index contributed by atoms with van der Waals surface area (Å²) in [5.74, 6) is -0.203. The number of fused-ring (bicyclic) bond motifs is 1. The minimum atomic E-state index is -0.203. The van der Waals surface area contributed by atoms with Crippen LogP contribution in [0.4, 0.5) is 4.39 Å². The molecule has 0 amide bonds. The van der Waals surface area contributed by atoms with Crippen LogP contribution in [0.25, 0.3) is 21.9 Å². The monoisotopic (exact) mass is 289 g/mol. The highest BCUT2D eigenvalue weighted by Crippen LogP contribution is 2.29. The molecule has 0 N–H and O–H groups in total. The molecule has 0 aliphatic carbocycles. The van der Waals surface area contributed by atoms with Crippen LogP contribution in [0.3, 0.4) is 0 Å². The van der Waals surface area contributed by atoms with E-state index < -0.39 is 0 Å². The molecule has 0 aliphatic heterocycles. The third kappa shape index (κ3) is 2.58. The molecule has 1 nitrogen and oxygen atoms in total. The lowest BCUT2D eigenvalue weighted by Gasteiger charge is -2.08. The van der Waals surface area contributed by atoms with Crippen molar-refractivity contribution in [1.82, 2.24) is 0 Å². The Morgan fingerprint density at radius 3 is 2.45 bits per heavy atom. The third-order valence-electron chi connectivity index (χ3n) is 3.88. The molecule has 0 saturated heterocycles. The van der Waals surface area contributed by atoms with Gasteiger partial charge in [-0.15, -0.1) is 0 Å². The maximum absolute atomic E-state index is 14.8. The number of hydrogen-bond donors (Lipinski definition) is 0. The molecule has 3 aromatic carbocycles. The highest BCUT2D eigenvalue weighted by atomic mass is 19.1. The van der Waals surface area contributed by atoms with Crippen LogP contribution in [0.5, 0.6) is 0 Å². The largest absolute Gasteiger partial charge is 0.206 e. The van der Waals surface area contributed by atoms with E-state index in [1.54, 1.807) is 24.3 Å². The van der Waals surface area contributed by atoms with Gasteiger partial charge in [-0.25, -0.2) is 4.39 Å². The summed E-state index contributed by atoms with van der Waals surface area (Å²) in [5.41, 5.74) is 3.17. The van der Waals surface area contributed by atoms with Gasteiger partial charge in [-0.3, -0.25) is 0 Å². The number of rotatable bonds is 3. The molecule has 108 valence electrons. The standard InChI is InChI=1S/C20H16FN/c1-2-3-14-6-10-19-17(12-14)9-11-18(20(19)21)16-7-4-15(13-22)5-8-16/h4-12H,2-3H2,1H3. The minimum Gasteiger partial charge on any atom is -0.206 e. The van der Waals surface area contributed by atoms with Gasteiger partial charge in [-0.2, -0.15) is 5.26 Å². The molecule has 0 aliphatic rings. The smallest absolute Gasteiger partial charge is 0.138 e. The second kappa shape index (κ2) is 5.99. The van der Waals surface area contributed by atoms with Gasteiger partial charge in [0.2, 0.25) is 0 Å². The first-order valence-electron chi connectivity index (χ1n) is 7.44.